The van der Waals surface area contributed by atoms with E-state index in [1.54, 1.807) is 6.07 Å². The standard InChI is InChI=1S/C50H33N5/c1-32-15-14-28-48(49(32)37-19-5-10-24-43(37)54-46-26-12-13-27-47(46)55-45-25-11-6-20-39(45)51-50(54)55)53-42-23-9-4-18-36(42)38-31-33(29-30-44(38)53)52-40-21-7-2-16-34(40)35-17-3-8-22-41(35)52/h2-31H,1H3/i1D3. The molecule has 0 saturated carbocycles. The Morgan fingerprint density at radius 2 is 0.982 bits per heavy atom. The lowest BCUT2D eigenvalue weighted by Gasteiger charge is -2.19. The fourth-order valence-corrected chi connectivity index (χ4v) is 9.04. The van der Waals surface area contributed by atoms with Gasteiger partial charge in [-0.1, -0.05) is 109 Å². The molecule has 0 saturated heterocycles. The summed E-state index contributed by atoms with van der Waals surface area (Å²) in [5, 5.41) is 4.58. The normalized spacial score (nSPS) is 13.1. The third-order valence-corrected chi connectivity index (χ3v) is 11.3. The highest BCUT2D eigenvalue weighted by atomic mass is 15.2. The van der Waals surface area contributed by atoms with Crippen LogP contribution in [0.5, 0.6) is 0 Å². The van der Waals surface area contributed by atoms with E-state index in [-0.39, 0.29) is 5.56 Å². The van der Waals surface area contributed by atoms with Gasteiger partial charge < -0.3 is 9.13 Å². The zero-order valence-electron chi connectivity index (χ0n) is 32.6. The van der Waals surface area contributed by atoms with E-state index >= 15 is 0 Å². The zero-order chi connectivity index (χ0) is 38.7. The minimum absolute atomic E-state index is 0.284. The van der Waals surface area contributed by atoms with Gasteiger partial charge in [0.2, 0.25) is 5.78 Å². The van der Waals surface area contributed by atoms with E-state index in [9.17, 15) is 0 Å². The van der Waals surface area contributed by atoms with E-state index < -0.39 is 6.85 Å². The number of rotatable bonds is 4. The third-order valence-electron chi connectivity index (χ3n) is 11.3. The molecule has 0 spiro atoms. The number of hydrogen-bond acceptors (Lipinski definition) is 1. The molecular weight excluding hydrogens is 671 g/mol. The summed E-state index contributed by atoms with van der Waals surface area (Å²) in [6, 6.07) is 62.5. The Balaban J connectivity index is 1.16. The number of para-hydroxylation sites is 8. The molecule has 5 nitrogen and oxygen atoms in total. The van der Waals surface area contributed by atoms with Gasteiger partial charge in [-0.15, -0.1) is 0 Å². The SMILES string of the molecule is [2H]C([2H])([2H])c1cccc(-n2c3ccccc3c3cc(-n4c5ccccc5c5ccccc54)ccc32)c1-c1ccccc1-n1c2ccccc2n2c3ccccc3nc12. The minimum atomic E-state index is -2.41. The smallest absolute Gasteiger partial charge is 0.220 e. The average Bonchev–Trinajstić information content (AvgIpc) is 3.99. The van der Waals surface area contributed by atoms with Crippen molar-refractivity contribution in [1.82, 2.24) is 23.1 Å². The fourth-order valence-electron chi connectivity index (χ4n) is 9.04. The van der Waals surface area contributed by atoms with Crippen LogP contribution in [0.4, 0.5) is 0 Å². The van der Waals surface area contributed by atoms with Crippen molar-refractivity contribution in [3.05, 3.63) is 188 Å². The van der Waals surface area contributed by atoms with Crippen molar-refractivity contribution in [1.29, 1.82) is 0 Å². The average molecular weight is 707 g/mol. The second-order valence-corrected chi connectivity index (χ2v) is 14.2. The van der Waals surface area contributed by atoms with Gasteiger partial charge in [-0.25, -0.2) is 4.98 Å². The van der Waals surface area contributed by atoms with E-state index in [1.165, 1.54) is 10.8 Å². The highest BCUT2D eigenvalue weighted by Gasteiger charge is 2.23. The van der Waals surface area contributed by atoms with Gasteiger partial charge in [-0.2, -0.15) is 0 Å². The van der Waals surface area contributed by atoms with Crippen LogP contribution >= 0.6 is 0 Å². The van der Waals surface area contributed by atoms with E-state index in [0.29, 0.717) is 5.56 Å². The maximum atomic E-state index is 8.93. The molecule has 12 rings (SSSR count). The van der Waals surface area contributed by atoms with Crippen molar-refractivity contribution in [3.8, 4) is 28.2 Å². The van der Waals surface area contributed by atoms with Crippen molar-refractivity contribution in [2.45, 2.75) is 6.85 Å². The zero-order valence-corrected chi connectivity index (χ0v) is 29.6. The van der Waals surface area contributed by atoms with Gasteiger partial charge in [0.1, 0.15) is 0 Å². The van der Waals surface area contributed by atoms with E-state index in [4.69, 9.17) is 9.10 Å². The number of benzene rings is 8. The largest absolute Gasteiger partial charge is 0.309 e. The molecule has 0 N–H and O–H groups in total. The molecule has 8 aromatic carbocycles. The highest BCUT2D eigenvalue weighted by molar-refractivity contribution is 6.12. The van der Waals surface area contributed by atoms with Crippen LogP contribution in [-0.4, -0.2) is 23.1 Å². The van der Waals surface area contributed by atoms with Crippen LogP contribution in [0.2, 0.25) is 0 Å². The van der Waals surface area contributed by atoms with Crippen LogP contribution < -0.4 is 0 Å². The first-order chi connectivity index (χ1) is 28.5. The predicted molar refractivity (Wildman–Crippen MR) is 228 cm³/mol. The lowest BCUT2D eigenvalue weighted by Crippen LogP contribution is -2.03. The first-order valence-corrected chi connectivity index (χ1v) is 18.6. The monoisotopic (exact) mass is 706 g/mol. The van der Waals surface area contributed by atoms with E-state index in [2.05, 4.69) is 139 Å². The summed E-state index contributed by atoms with van der Waals surface area (Å²) in [7, 11) is 0. The number of imidazole rings is 2. The predicted octanol–water partition coefficient (Wildman–Crippen LogP) is 12.6. The van der Waals surface area contributed by atoms with Gasteiger partial charge in [-0.05, 0) is 85.2 Å². The Bertz CT molecular complexity index is 3580. The van der Waals surface area contributed by atoms with Crippen molar-refractivity contribution < 1.29 is 4.11 Å². The fraction of sp³-hybridized carbons (Fsp3) is 0.0200. The van der Waals surface area contributed by atoms with Gasteiger partial charge >= 0.3 is 0 Å². The second-order valence-electron chi connectivity index (χ2n) is 14.2. The molecule has 0 aliphatic rings. The lowest BCUT2D eigenvalue weighted by molar-refractivity contribution is 1.10. The molecule has 4 heterocycles. The summed E-state index contributed by atoms with van der Waals surface area (Å²) in [6.07, 6.45) is 0. The minimum Gasteiger partial charge on any atom is -0.309 e. The molecule has 4 aromatic heterocycles. The summed E-state index contributed by atoms with van der Waals surface area (Å²) in [5.74, 6) is 0.761. The van der Waals surface area contributed by atoms with E-state index in [1.807, 2.05) is 54.6 Å². The molecule has 0 fully saturated rings. The van der Waals surface area contributed by atoms with Crippen molar-refractivity contribution >= 4 is 71.5 Å². The molecule has 0 atom stereocenters. The van der Waals surface area contributed by atoms with E-state index in [0.717, 1.165) is 83.3 Å². The summed E-state index contributed by atoms with van der Waals surface area (Å²) >= 11 is 0. The van der Waals surface area contributed by atoms with Gasteiger partial charge in [0.15, 0.2) is 0 Å². The highest BCUT2D eigenvalue weighted by Crippen LogP contribution is 2.42. The summed E-state index contributed by atoms with van der Waals surface area (Å²) in [4.78, 5) is 5.16. The summed E-state index contributed by atoms with van der Waals surface area (Å²) in [6.45, 7) is -2.41. The van der Waals surface area contributed by atoms with Crippen LogP contribution in [0.3, 0.4) is 0 Å². The molecule has 55 heavy (non-hydrogen) atoms. The maximum absolute atomic E-state index is 8.93. The van der Waals surface area contributed by atoms with Gasteiger partial charge in [0, 0.05) is 42.5 Å². The maximum Gasteiger partial charge on any atom is 0.220 e. The molecule has 0 aliphatic carbocycles. The molecule has 0 aliphatic heterocycles. The molecule has 0 radical (unpaired) electrons. The molecule has 12 aromatic rings. The Hall–Kier alpha value is -7.37. The molecule has 258 valence electrons. The Morgan fingerprint density at radius 1 is 0.418 bits per heavy atom. The van der Waals surface area contributed by atoms with Crippen LogP contribution in [0.25, 0.3) is 99.6 Å². The van der Waals surface area contributed by atoms with Crippen molar-refractivity contribution in [3.63, 3.8) is 0 Å². The van der Waals surface area contributed by atoms with Crippen molar-refractivity contribution in [2.75, 3.05) is 0 Å². The Kier molecular flexibility index (Phi) is 5.61. The second kappa shape index (κ2) is 11.3. The molecule has 0 unspecified atom stereocenters. The summed E-state index contributed by atoms with van der Waals surface area (Å²) in [5.41, 5.74) is 12.6. The first kappa shape index (κ1) is 27.3. The van der Waals surface area contributed by atoms with Crippen molar-refractivity contribution in [2.24, 2.45) is 0 Å². The lowest BCUT2D eigenvalue weighted by atomic mass is 9.96. The van der Waals surface area contributed by atoms with Crippen LogP contribution in [0.15, 0.2) is 182 Å². The Labute approximate surface area is 320 Å². The number of aryl methyl sites for hydroxylation is 1. The van der Waals surface area contributed by atoms with Gasteiger partial charge in [-0.3, -0.25) is 8.97 Å². The van der Waals surface area contributed by atoms with Gasteiger partial charge in [0.25, 0.3) is 0 Å². The number of aromatic nitrogens is 5. The summed E-state index contributed by atoms with van der Waals surface area (Å²) < 4.78 is 35.7. The number of fused-ring (bicyclic) bond motifs is 11. The molecule has 5 heteroatoms. The number of hydrogen-bond donors (Lipinski definition) is 0. The van der Waals surface area contributed by atoms with Crippen LogP contribution in [-0.2, 0) is 0 Å². The van der Waals surface area contributed by atoms with Crippen LogP contribution in [0, 0.1) is 6.85 Å². The van der Waals surface area contributed by atoms with Crippen LogP contribution in [0.1, 0.15) is 9.68 Å². The molecular formula is C50H33N5. The topological polar surface area (TPSA) is 32.1 Å². The molecule has 0 bridgehead atoms. The Morgan fingerprint density at radius 3 is 1.73 bits per heavy atom. The molecule has 0 amide bonds. The quantitative estimate of drug-likeness (QED) is 0.179. The first-order valence-electron chi connectivity index (χ1n) is 20.1. The third kappa shape index (κ3) is 4.15. The van der Waals surface area contributed by atoms with Gasteiger partial charge in [0.05, 0.1) is 55.5 Å². The number of nitrogens with zero attached hydrogens (tertiary/aromatic N) is 5.